The van der Waals surface area contributed by atoms with Gasteiger partial charge in [-0.25, -0.2) is 4.98 Å². The Kier molecular flexibility index (Phi) is 10.3. The molecule has 2 N–H and O–H groups in total. The van der Waals surface area contributed by atoms with Gasteiger partial charge in [0.1, 0.15) is 15.8 Å². The number of aliphatic hydroxyl groups excluding tert-OH is 1. The quantitative estimate of drug-likeness (QED) is 0.235. The molecule has 2 aromatic heterocycles. The fraction of sp³-hybridized carbons (Fsp3) is 0.520. The van der Waals surface area contributed by atoms with Gasteiger partial charge >= 0.3 is 0 Å². The zero-order valence-electron chi connectivity index (χ0n) is 20.6. The maximum absolute atomic E-state index is 13.4. The standard InChI is InChI=1S/C25H34N4O4S2/c1-4-6-9-18(5-2)16-29-24(32)20(35-25(29)34)15-19-21(26-10-13-33-14-12-30)27-22-17(3)8-7-11-28(22)23(19)31/h7-8,11,15,18,26,30H,4-6,9-10,12-14,16H2,1-3H3/b20-15+. The number of amides is 1. The van der Waals surface area contributed by atoms with Crippen LogP contribution >= 0.6 is 24.0 Å². The topological polar surface area (TPSA) is 96.2 Å². The van der Waals surface area contributed by atoms with Crippen LogP contribution in [0.15, 0.2) is 28.0 Å². The molecule has 1 atom stereocenters. The number of hydrogen-bond acceptors (Lipinski definition) is 8. The summed E-state index contributed by atoms with van der Waals surface area (Å²) in [6.07, 6.45) is 7.57. The zero-order valence-corrected chi connectivity index (χ0v) is 22.2. The third kappa shape index (κ3) is 6.69. The van der Waals surface area contributed by atoms with E-state index in [-0.39, 0.29) is 24.7 Å². The van der Waals surface area contributed by atoms with Gasteiger partial charge < -0.3 is 15.2 Å². The van der Waals surface area contributed by atoms with Crippen molar-refractivity contribution in [2.24, 2.45) is 5.92 Å². The lowest BCUT2D eigenvalue weighted by Gasteiger charge is -2.21. The van der Waals surface area contributed by atoms with Crippen molar-refractivity contribution in [2.75, 3.05) is 38.2 Å². The predicted octanol–water partition coefficient (Wildman–Crippen LogP) is 3.84. The Hall–Kier alpha value is -2.27. The van der Waals surface area contributed by atoms with E-state index in [0.29, 0.717) is 51.9 Å². The fourth-order valence-corrected chi connectivity index (χ4v) is 5.21. The van der Waals surface area contributed by atoms with Crippen LogP contribution < -0.4 is 10.9 Å². The van der Waals surface area contributed by atoms with Gasteiger partial charge in [0.05, 0.1) is 30.3 Å². The van der Waals surface area contributed by atoms with Gasteiger partial charge in [-0.3, -0.25) is 18.9 Å². The molecule has 0 aromatic carbocycles. The molecule has 0 bridgehead atoms. The summed E-state index contributed by atoms with van der Waals surface area (Å²) >= 11 is 6.76. The number of carbonyl (C=O) groups is 1. The molecule has 10 heteroatoms. The Balaban J connectivity index is 1.93. The zero-order chi connectivity index (χ0) is 25.4. The summed E-state index contributed by atoms with van der Waals surface area (Å²) in [5.74, 6) is 0.612. The number of carbonyl (C=O) groups excluding carboxylic acids is 1. The van der Waals surface area contributed by atoms with Gasteiger partial charge in [0.25, 0.3) is 11.5 Å². The van der Waals surface area contributed by atoms with Gasteiger partial charge in [-0.05, 0) is 37.0 Å². The third-order valence-corrected chi connectivity index (χ3v) is 7.37. The highest BCUT2D eigenvalue weighted by atomic mass is 32.2. The predicted molar refractivity (Wildman–Crippen MR) is 146 cm³/mol. The van der Waals surface area contributed by atoms with Gasteiger partial charge in [-0.15, -0.1) is 0 Å². The molecule has 0 radical (unpaired) electrons. The van der Waals surface area contributed by atoms with Gasteiger partial charge in [-0.2, -0.15) is 0 Å². The molecule has 0 aliphatic carbocycles. The molecule has 1 aliphatic heterocycles. The minimum atomic E-state index is -0.267. The minimum Gasteiger partial charge on any atom is -0.394 e. The molecular formula is C25H34N4O4S2. The molecule has 190 valence electrons. The lowest BCUT2D eigenvalue weighted by Crippen LogP contribution is -2.33. The first-order valence-corrected chi connectivity index (χ1v) is 13.3. The fourth-order valence-electron chi connectivity index (χ4n) is 3.95. The Labute approximate surface area is 215 Å². The summed E-state index contributed by atoms with van der Waals surface area (Å²) in [5, 5.41) is 12.1. The smallest absolute Gasteiger partial charge is 0.267 e. The van der Waals surface area contributed by atoms with Crippen molar-refractivity contribution in [2.45, 2.75) is 46.5 Å². The summed E-state index contributed by atoms with van der Waals surface area (Å²) < 4.78 is 7.33. The van der Waals surface area contributed by atoms with Crippen LogP contribution in [0.4, 0.5) is 5.82 Å². The van der Waals surface area contributed by atoms with Crippen LogP contribution in [-0.2, 0) is 9.53 Å². The number of aromatic nitrogens is 2. The Morgan fingerprint density at radius 3 is 2.83 bits per heavy atom. The monoisotopic (exact) mass is 518 g/mol. The number of aliphatic hydroxyl groups is 1. The number of unbranched alkanes of at least 4 members (excludes halogenated alkanes) is 1. The van der Waals surface area contributed by atoms with E-state index in [1.54, 1.807) is 23.2 Å². The van der Waals surface area contributed by atoms with Crippen LogP contribution in [0.3, 0.4) is 0 Å². The Morgan fingerprint density at radius 2 is 2.11 bits per heavy atom. The number of thioether (sulfide) groups is 1. The molecule has 35 heavy (non-hydrogen) atoms. The van der Waals surface area contributed by atoms with E-state index in [4.69, 9.17) is 22.1 Å². The molecule has 1 amide bonds. The highest BCUT2D eigenvalue weighted by Gasteiger charge is 2.33. The second-order valence-corrected chi connectivity index (χ2v) is 10.2. The Morgan fingerprint density at radius 1 is 1.31 bits per heavy atom. The van der Waals surface area contributed by atoms with Gasteiger partial charge in [0, 0.05) is 19.3 Å². The van der Waals surface area contributed by atoms with Crippen LogP contribution in [0.5, 0.6) is 0 Å². The number of rotatable bonds is 13. The number of nitrogens with zero attached hydrogens (tertiary/aromatic N) is 3. The van der Waals surface area contributed by atoms with E-state index in [0.717, 1.165) is 31.2 Å². The van der Waals surface area contributed by atoms with Crippen molar-refractivity contribution in [1.82, 2.24) is 14.3 Å². The number of ether oxygens (including phenoxy) is 1. The van der Waals surface area contributed by atoms with E-state index in [9.17, 15) is 9.59 Å². The SMILES string of the molecule is CCCCC(CC)CN1C(=O)/C(=C\c2c(NCCOCCO)nc3c(C)cccn3c2=O)SC1=S. The highest BCUT2D eigenvalue weighted by molar-refractivity contribution is 8.26. The van der Waals surface area contributed by atoms with Crippen LogP contribution in [0, 0.1) is 12.8 Å². The normalized spacial score (nSPS) is 16.0. The van der Waals surface area contributed by atoms with E-state index >= 15 is 0 Å². The van der Waals surface area contributed by atoms with E-state index in [1.807, 2.05) is 13.0 Å². The van der Waals surface area contributed by atoms with E-state index in [2.05, 4.69) is 24.1 Å². The first-order valence-electron chi connectivity index (χ1n) is 12.1. The largest absolute Gasteiger partial charge is 0.394 e. The summed E-state index contributed by atoms with van der Waals surface area (Å²) in [6.45, 7) is 7.71. The second-order valence-electron chi connectivity index (χ2n) is 8.54. The first-order chi connectivity index (χ1) is 16.9. The second kappa shape index (κ2) is 13.2. The average molecular weight is 519 g/mol. The molecule has 1 saturated heterocycles. The summed E-state index contributed by atoms with van der Waals surface area (Å²) in [6, 6.07) is 3.69. The van der Waals surface area contributed by atoms with E-state index in [1.165, 1.54) is 16.2 Å². The highest BCUT2D eigenvalue weighted by Crippen LogP contribution is 2.34. The molecule has 3 rings (SSSR count). The molecule has 0 spiro atoms. The van der Waals surface area contributed by atoms with Gasteiger partial charge in [0.15, 0.2) is 0 Å². The summed E-state index contributed by atoms with van der Waals surface area (Å²) in [7, 11) is 0. The van der Waals surface area contributed by atoms with Crippen molar-refractivity contribution in [1.29, 1.82) is 0 Å². The van der Waals surface area contributed by atoms with Crippen LogP contribution in [0.25, 0.3) is 11.7 Å². The van der Waals surface area contributed by atoms with Crippen molar-refractivity contribution >= 4 is 51.7 Å². The number of hydrogen-bond donors (Lipinski definition) is 2. The maximum Gasteiger partial charge on any atom is 0.267 e. The van der Waals surface area contributed by atoms with Gasteiger partial charge in [0.2, 0.25) is 0 Å². The lowest BCUT2D eigenvalue weighted by atomic mass is 9.99. The molecule has 8 nitrogen and oxygen atoms in total. The summed E-state index contributed by atoms with van der Waals surface area (Å²) in [4.78, 5) is 33.5. The molecule has 1 fully saturated rings. The van der Waals surface area contributed by atoms with Crippen LogP contribution in [0.1, 0.15) is 50.7 Å². The molecule has 1 unspecified atom stereocenters. The first kappa shape index (κ1) is 27.3. The molecule has 0 saturated carbocycles. The molecule has 3 heterocycles. The van der Waals surface area contributed by atoms with Crippen molar-refractivity contribution in [3.05, 3.63) is 44.7 Å². The number of aryl methyl sites for hydroxylation is 1. The lowest BCUT2D eigenvalue weighted by molar-refractivity contribution is -0.122. The number of fused-ring (bicyclic) bond motifs is 1. The van der Waals surface area contributed by atoms with Crippen LogP contribution in [-0.4, -0.2) is 62.5 Å². The number of nitrogens with one attached hydrogen (secondary N) is 1. The Bertz CT molecular complexity index is 1150. The molecule has 1 aliphatic rings. The number of pyridine rings is 1. The molecular weight excluding hydrogens is 484 g/mol. The summed E-state index contributed by atoms with van der Waals surface area (Å²) in [5.41, 5.74) is 1.44. The molecule has 2 aromatic rings. The van der Waals surface area contributed by atoms with E-state index < -0.39 is 0 Å². The number of thiocarbonyl (C=S) groups is 1. The van der Waals surface area contributed by atoms with Crippen molar-refractivity contribution < 1.29 is 14.6 Å². The number of anilines is 1. The van der Waals surface area contributed by atoms with Gasteiger partial charge in [-0.1, -0.05) is 63.2 Å². The van der Waals surface area contributed by atoms with Crippen molar-refractivity contribution in [3.63, 3.8) is 0 Å². The average Bonchev–Trinajstić information content (AvgIpc) is 3.11. The van der Waals surface area contributed by atoms with Crippen molar-refractivity contribution in [3.8, 4) is 0 Å². The third-order valence-electron chi connectivity index (χ3n) is 5.99. The van der Waals surface area contributed by atoms with Crippen LogP contribution in [0.2, 0.25) is 0 Å². The minimum absolute atomic E-state index is 0.0564. The maximum atomic E-state index is 13.4.